The number of alkyl halides is 3. The van der Waals surface area contributed by atoms with E-state index < -0.39 is 29.4 Å². The Hall–Kier alpha value is -3.01. The molecule has 12 heteroatoms. The number of halogens is 6. The maximum atomic E-state index is 12.8. The van der Waals surface area contributed by atoms with Gasteiger partial charge < -0.3 is 10.4 Å². The number of hydrogen-bond donors (Lipinski definition) is 3. The first kappa shape index (κ1) is 23.6. The van der Waals surface area contributed by atoms with E-state index in [4.69, 9.17) is 34.8 Å². The fraction of sp³-hybridized carbons (Fsp3) is 0.0500. The van der Waals surface area contributed by atoms with Crippen LogP contribution in [0.2, 0.25) is 15.1 Å². The summed E-state index contributed by atoms with van der Waals surface area (Å²) in [4.78, 5) is 28.0. The van der Waals surface area contributed by atoms with Crippen molar-refractivity contribution in [3.8, 4) is 17.0 Å². The summed E-state index contributed by atoms with van der Waals surface area (Å²) in [5.74, 6) is -1.39. The van der Waals surface area contributed by atoms with Crippen LogP contribution in [0.5, 0.6) is 5.75 Å². The van der Waals surface area contributed by atoms with Gasteiger partial charge in [-0.25, -0.2) is 4.79 Å². The van der Waals surface area contributed by atoms with Crippen molar-refractivity contribution >= 4 is 52.4 Å². The van der Waals surface area contributed by atoms with Crippen LogP contribution in [0, 0.1) is 0 Å². The zero-order chi connectivity index (χ0) is 23.6. The summed E-state index contributed by atoms with van der Waals surface area (Å²) in [6.07, 6.45) is -4.06. The number of amides is 3. The monoisotopic (exact) mass is 503 g/mol. The molecule has 0 radical (unpaired) electrons. The van der Waals surface area contributed by atoms with Crippen LogP contribution < -0.4 is 10.6 Å². The lowest BCUT2D eigenvalue weighted by atomic mass is 10.1. The Morgan fingerprint density at radius 2 is 1.69 bits per heavy atom. The van der Waals surface area contributed by atoms with Gasteiger partial charge in [-0.05, 0) is 30.3 Å². The molecule has 2 aromatic carbocycles. The largest absolute Gasteiger partial charge is 0.504 e. The Bertz CT molecular complexity index is 1220. The molecule has 0 unspecified atom stereocenters. The van der Waals surface area contributed by atoms with Gasteiger partial charge in [0, 0.05) is 11.8 Å². The van der Waals surface area contributed by atoms with Gasteiger partial charge in [0.05, 0.1) is 37.6 Å². The van der Waals surface area contributed by atoms with Gasteiger partial charge in [-0.15, -0.1) is 0 Å². The smallest absolute Gasteiger partial charge is 0.417 e. The molecule has 0 saturated heterocycles. The van der Waals surface area contributed by atoms with E-state index in [2.05, 4.69) is 10.3 Å². The third kappa shape index (κ3) is 5.07. The zero-order valence-electron chi connectivity index (χ0n) is 15.6. The second-order valence-electron chi connectivity index (χ2n) is 6.26. The van der Waals surface area contributed by atoms with Crippen LogP contribution in [-0.4, -0.2) is 22.0 Å². The second kappa shape index (κ2) is 9.23. The lowest BCUT2D eigenvalue weighted by Gasteiger charge is -2.14. The van der Waals surface area contributed by atoms with Gasteiger partial charge in [0.15, 0.2) is 5.75 Å². The first-order valence-corrected chi connectivity index (χ1v) is 9.74. The van der Waals surface area contributed by atoms with Crippen molar-refractivity contribution in [3.63, 3.8) is 0 Å². The number of benzene rings is 2. The summed E-state index contributed by atoms with van der Waals surface area (Å²) in [6.45, 7) is 0. The summed E-state index contributed by atoms with van der Waals surface area (Å²) < 4.78 is 38.4. The second-order valence-corrected chi connectivity index (χ2v) is 7.46. The maximum absolute atomic E-state index is 12.8. The van der Waals surface area contributed by atoms with E-state index in [1.165, 1.54) is 24.3 Å². The molecule has 1 aromatic heterocycles. The summed E-state index contributed by atoms with van der Waals surface area (Å²) in [5.41, 5.74) is -1.24. The molecule has 0 aliphatic carbocycles. The van der Waals surface area contributed by atoms with Crippen molar-refractivity contribution in [2.45, 2.75) is 6.18 Å². The number of imide groups is 1. The van der Waals surface area contributed by atoms with Gasteiger partial charge >= 0.3 is 12.2 Å². The molecule has 0 aliphatic rings. The molecule has 0 atom stereocenters. The van der Waals surface area contributed by atoms with Crippen LogP contribution in [0.1, 0.15) is 15.9 Å². The Morgan fingerprint density at radius 1 is 1.00 bits per heavy atom. The van der Waals surface area contributed by atoms with Crippen molar-refractivity contribution in [3.05, 3.63) is 74.9 Å². The molecule has 3 amide bonds. The number of nitrogens with one attached hydrogen (secondary N) is 2. The number of phenols is 1. The molecule has 0 fully saturated rings. The van der Waals surface area contributed by atoms with Crippen molar-refractivity contribution in [1.29, 1.82) is 0 Å². The van der Waals surface area contributed by atoms with Crippen LogP contribution in [0.3, 0.4) is 0 Å². The van der Waals surface area contributed by atoms with Gasteiger partial charge in [-0.1, -0.05) is 46.9 Å². The van der Waals surface area contributed by atoms with Crippen molar-refractivity contribution in [1.82, 2.24) is 10.3 Å². The minimum absolute atomic E-state index is 0.0287. The first-order valence-electron chi connectivity index (χ1n) is 8.60. The van der Waals surface area contributed by atoms with E-state index >= 15 is 0 Å². The molecule has 32 heavy (non-hydrogen) atoms. The Morgan fingerprint density at radius 3 is 2.31 bits per heavy atom. The van der Waals surface area contributed by atoms with Crippen LogP contribution in [-0.2, 0) is 6.18 Å². The molecule has 3 aromatic rings. The van der Waals surface area contributed by atoms with Crippen LogP contribution >= 0.6 is 34.8 Å². The summed E-state index contributed by atoms with van der Waals surface area (Å²) in [5, 5.41) is 14.1. The number of carbonyl (C=O) groups excluding carboxylic acids is 2. The molecule has 166 valence electrons. The number of rotatable bonds is 3. The molecular formula is C20H11Cl3F3N3O3. The number of hydrogen-bond acceptors (Lipinski definition) is 4. The molecule has 3 N–H and O–H groups in total. The fourth-order valence-electron chi connectivity index (χ4n) is 2.61. The fourth-order valence-corrected chi connectivity index (χ4v) is 3.35. The predicted octanol–water partition coefficient (Wildman–Crippen LogP) is 6.40. The summed E-state index contributed by atoms with van der Waals surface area (Å²) in [6, 6.07) is 8.24. The van der Waals surface area contributed by atoms with Crippen LogP contribution in [0.25, 0.3) is 11.3 Å². The highest BCUT2D eigenvalue weighted by molar-refractivity contribution is 6.37. The van der Waals surface area contributed by atoms with E-state index in [-0.39, 0.29) is 37.6 Å². The topological polar surface area (TPSA) is 91.3 Å². The number of aromatic nitrogens is 1. The Labute approximate surface area is 193 Å². The number of nitrogens with zero attached hydrogens (tertiary/aromatic N) is 1. The number of carbonyl (C=O) groups is 2. The van der Waals surface area contributed by atoms with Gasteiger partial charge in [0.25, 0.3) is 5.91 Å². The van der Waals surface area contributed by atoms with E-state index in [9.17, 15) is 27.9 Å². The first-order chi connectivity index (χ1) is 15.0. The van der Waals surface area contributed by atoms with E-state index in [1.54, 1.807) is 12.1 Å². The van der Waals surface area contributed by atoms with Gasteiger partial charge in [0.2, 0.25) is 0 Å². The predicted molar refractivity (Wildman–Crippen MR) is 114 cm³/mol. The molecule has 1 heterocycles. The lowest BCUT2D eigenvalue weighted by Crippen LogP contribution is -2.34. The van der Waals surface area contributed by atoms with Crippen molar-refractivity contribution in [2.24, 2.45) is 0 Å². The Balaban J connectivity index is 1.81. The summed E-state index contributed by atoms with van der Waals surface area (Å²) >= 11 is 17.9. The normalized spacial score (nSPS) is 11.2. The average molecular weight is 505 g/mol. The summed E-state index contributed by atoms with van der Waals surface area (Å²) in [7, 11) is 0. The number of pyridine rings is 1. The molecule has 0 saturated carbocycles. The lowest BCUT2D eigenvalue weighted by molar-refractivity contribution is -0.137. The Kier molecular flexibility index (Phi) is 6.82. The minimum atomic E-state index is -4.64. The molecule has 6 nitrogen and oxygen atoms in total. The molecule has 0 spiro atoms. The standard InChI is InChI=1S/C20H11Cl3F3N3O3/c21-12-4-2-1-3-10(12)18(31)29-19(32)28-14-6-5-11(15(23)17(14)30)16-13(22)7-9(8-27-16)20(24,25)26/h1-8,30H,(H2,28,29,31,32). The van der Waals surface area contributed by atoms with Crippen LogP contribution in [0.15, 0.2) is 48.7 Å². The molecule has 0 aliphatic heterocycles. The van der Waals surface area contributed by atoms with E-state index in [1.807, 2.05) is 5.32 Å². The van der Waals surface area contributed by atoms with E-state index in [0.717, 1.165) is 0 Å². The number of aromatic hydroxyl groups is 1. The van der Waals surface area contributed by atoms with Gasteiger partial charge in [-0.3, -0.25) is 15.1 Å². The maximum Gasteiger partial charge on any atom is 0.417 e. The van der Waals surface area contributed by atoms with E-state index in [0.29, 0.717) is 12.3 Å². The van der Waals surface area contributed by atoms with Crippen molar-refractivity contribution < 1.29 is 27.9 Å². The highest BCUT2D eigenvalue weighted by Gasteiger charge is 2.32. The number of urea groups is 1. The number of anilines is 1. The third-order valence-electron chi connectivity index (χ3n) is 4.13. The van der Waals surface area contributed by atoms with Crippen molar-refractivity contribution in [2.75, 3.05) is 5.32 Å². The number of phenolic OH excluding ortho intramolecular Hbond substituents is 1. The van der Waals surface area contributed by atoms with Gasteiger partial charge in [0.1, 0.15) is 0 Å². The average Bonchev–Trinajstić information content (AvgIpc) is 2.71. The molecular weight excluding hydrogens is 494 g/mol. The highest BCUT2D eigenvalue weighted by Crippen LogP contribution is 2.42. The molecule has 3 rings (SSSR count). The zero-order valence-corrected chi connectivity index (χ0v) is 17.9. The van der Waals surface area contributed by atoms with Gasteiger partial charge in [-0.2, -0.15) is 13.2 Å². The highest BCUT2D eigenvalue weighted by atomic mass is 35.5. The molecule has 0 bridgehead atoms. The SMILES string of the molecule is O=C(NC(=O)c1ccccc1Cl)Nc1ccc(-c2ncc(C(F)(F)F)cc2Cl)c(Cl)c1O. The minimum Gasteiger partial charge on any atom is -0.504 e. The third-order valence-corrected chi connectivity index (χ3v) is 5.13. The van der Waals surface area contributed by atoms with Crippen LogP contribution in [0.4, 0.5) is 23.7 Å². The quantitative estimate of drug-likeness (QED) is 0.360.